The van der Waals surface area contributed by atoms with E-state index in [9.17, 15) is 13.2 Å². The minimum atomic E-state index is -3.46. The van der Waals surface area contributed by atoms with Crippen LogP contribution in [-0.4, -0.2) is 55.8 Å². The van der Waals surface area contributed by atoms with Gasteiger partial charge in [-0.3, -0.25) is 4.79 Å². The lowest BCUT2D eigenvalue weighted by Gasteiger charge is -2.31. The van der Waals surface area contributed by atoms with Crippen LogP contribution in [0.5, 0.6) is 0 Å². The fourth-order valence-corrected chi connectivity index (χ4v) is 5.90. The van der Waals surface area contributed by atoms with Gasteiger partial charge in [-0.15, -0.1) is 11.3 Å². The zero-order chi connectivity index (χ0) is 18.2. The number of likely N-dealkylation sites (N-methyl/N-ethyl adjacent to an activating group) is 1. The number of aromatic amines is 1. The lowest BCUT2D eigenvalue weighted by Crippen LogP contribution is -2.46. The molecule has 1 fully saturated rings. The van der Waals surface area contributed by atoms with Crippen LogP contribution < -0.4 is 5.56 Å². The Morgan fingerprint density at radius 3 is 2.52 bits per heavy atom. The molecule has 3 rings (SSSR count). The number of aryl methyl sites for hydroxylation is 2. The summed E-state index contributed by atoms with van der Waals surface area (Å²) in [5.41, 5.74) is 2.27. The van der Waals surface area contributed by atoms with Crippen LogP contribution in [0.1, 0.15) is 18.2 Å². The zero-order valence-corrected chi connectivity index (χ0v) is 16.3. The van der Waals surface area contributed by atoms with Crippen molar-refractivity contribution >= 4 is 21.4 Å². The van der Waals surface area contributed by atoms with E-state index < -0.39 is 10.0 Å². The first-order valence-electron chi connectivity index (χ1n) is 8.34. The number of hydrogen-bond acceptors (Lipinski definition) is 5. The standard InChI is InChI=1S/C17H23N3O3S2/c1-4-13-11-14(12(2)18-17(13)21)15-5-6-16(24-15)25(22,23)20-9-7-19(3)8-10-20/h5-6,11H,4,7-10H2,1-3H3,(H,18,21). The van der Waals surface area contributed by atoms with Crippen molar-refractivity contribution in [2.75, 3.05) is 33.2 Å². The molecular formula is C17H23N3O3S2. The maximum absolute atomic E-state index is 12.9. The first kappa shape index (κ1) is 18.3. The van der Waals surface area contributed by atoms with Crippen molar-refractivity contribution < 1.29 is 8.42 Å². The molecule has 0 radical (unpaired) electrons. The number of hydrogen-bond donors (Lipinski definition) is 1. The van der Waals surface area contributed by atoms with Gasteiger partial charge >= 0.3 is 0 Å². The number of pyridine rings is 1. The molecular weight excluding hydrogens is 358 g/mol. The second-order valence-corrected chi connectivity index (χ2v) is 9.59. The quantitative estimate of drug-likeness (QED) is 0.878. The Labute approximate surface area is 152 Å². The first-order chi connectivity index (χ1) is 11.8. The van der Waals surface area contributed by atoms with E-state index in [-0.39, 0.29) is 5.56 Å². The van der Waals surface area contributed by atoms with Gasteiger partial charge in [0.2, 0.25) is 0 Å². The molecule has 2 aromatic rings. The molecule has 1 saturated heterocycles. The van der Waals surface area contributed by atoms with E-state index in [4.69, 9.17) is 0 Å². The lowest BCUT2D eigenvalue weighted by molar-refractivity contribution is 0.222. The average molecular weight is 382 g/mol. The number of sulfonamides is 1. The molecule has 0 amide bonds. The van der Waals surface area contributed by atoms with E-state index in [1.54, 1.807) is 10.4 Å². The molecule has 0 aliphatic carbocycles. The van der Waals surface area contributed by atoms with Crippen molar-refractivity contribution in [3.63, 3.8) is 0 Å². The smallest absolute Gasteiger partial charge is 0.252 e. The summed E-state index contributed by atoms with van der Waals surface area (Å²) in [6.45, 7) is 6.30. The summed E-state index contributed by atoms with van der Waals surface area (Å²) in [6, 6.07) is 5.36. The minimum Gasteiger partial charge on any atom is -0.326 e. The first-order valence-corrected chi connectivity index (χ1v) is 10.6. The van der Waals surface area contributed by atoms with Gasteiger partial charge in [0.25, 0.3) is 15.6 Å². The van der Waals surface area contributed by atoms with E-state index in [1.165, 1.54) is 11.3 Å². The zero-order valence-electron chi connectivity index (χ0n) is 14.7. The fourth-order valence-electron chi connectivity index (χ4n) is 2.94. The number of nitrogens with one attached hydrogen (secondary N) is 1. The summed E-state index contributed by atoms with van der Waals surface area (Å²) in [6.07, 6.45) is 0.639. The van der Waals surface area contributed by atoms with Gasteiger partial charge in [-0.05, 0) is 38.6 Å². The van der Waals surface area contributed by atoms with E-state index >= 15 is 0 Å². The van der Waals surface area contributed by atoms with Crippen LogP contribution >= 0.6 is 11.3 Å². The molecule has 0 aromatic carbocycles. The highest BCUT2D eigenvalue weighted by Gasteiger charge is 2.29. The van der Waals surface area contributed by atoms with Crippen LogP contribution in [0.2, 0.25) is 0 Å². The number of aromatic nitrogens is 1. The molecule has 6 nitrogen and oxygen atoms in total. The predicted molar refractivity (Wildman–Crippen MR) is 101 cm³/mol. The third kappa shape index (κ3) is 3.57. The third-order valence-corrected chi connectivity index (χ3v) is 8.08. The van der Waals surface area contributed by atoms with Gasteiger partial charge in [0.05, 0.1) is 0 Å². The highest BCUT2D eigenvalue weighted by Crippen LogP contribution is 2.33. The minimum absolute atomic E-state index is 0.0782. The maximum Gasteiger partial charge on any atom is 0.252 e. The topological polar surface area (TPSA) is 73.5 Å². The van der Waals surface area contributed by atoms with E-state index in [0.29, 0.717) is 29.3 Å². The maximum atomic E-state index is 12.9. The summed E-state index contributed by atoms with van der Waals surface area (Å²) in [5, 5.41) is 0. The Morgan fingerprint density at radius 1 is 1.20 bits per heavy atom. The Hall–Kier alpha value is -1.48. The molecule has 25 heavy (non-hydrogen) atoms. The highest BCUT2D eigenvalue weighted by atomic mass is 32.2. The van der Waals surface area contributed by atoms with E-state index in [2.05, 4.69) is 9.88 Å². The monoisotopic (exact) mass is 381 g/mol. The van der Waals surface area contributed by atoms with Crippen molar-refractivity contribution in [2.24, 2.45) is 0 Å². The summed E-state index contributed by atoms with van der Waals surface area (Å²) < 4.78 is 27.6. The van der Waals surface area contributed by atoms with Gasteiger partial charge in [0.1, 0.15) is 4.21 Å². The van der Waals surface area contributed by atoms with E-state index in [1.807, 2.05) is 33.0 Å². The molecule has 0 unspecified atom stereocenters. The van der Waals surface area contributed by atoms with Crippen LogP contribution in [0.25, 0.3) is 10.4 Å². The van der Waals surface area contributed by atoms with Crippen molar-refractivity contribution in [1.29, 1.82) is 0 Å². The Balaban J connectivity index is 1.94. The number of nitrogens with zero attached hydrogens (tertiary/aromatic N) is 2. The van der Waals surface area contributed by atoms with Crippen molar-refractivity contribution in [2.45, 2.75) is 24.5 Å². The normalized spacial score (nSPS) is 17.1. The van der Waals surface area contributed by atoms with Gasteiger partial charge in [0.15, 0.2) is 0 Å². The molecule has 1 aliphatic rings. The number of H-pyrrole nitrogens is 1. The molecule has 0 bridgehead atoms. The van der Waals surface area contributed by atoms with Crippen LogP contribution in [0.3, 0.4) is 0 Å². The number of piperazine rings is 1. The molecule has 0 spiro atoms. The second-order valence-electron chi connectivity index (χ2n) is 6.34. The predicted octanol–water partition coefficient (Wildman–Crippen LogP) is 1.91. The van der Waals surface area contributed by atoms with Crippen molar-refractivity contribution in [3.8, 4) is 10.4 Å². The van der Waals surface area contributed by atoms with Gasteiger partial charge < -0.3 is 9.88 Å². The summed E-state index contributed by atoms with van der Waals surface area (Å²) in [7, 11) is -1.46. The van der Waals surface area contributed by atoms with Gasteiger partial charge in [0, 0.05) is 47.9 Å². The van der Waals surface area contributed by atoms with Crippen molar-refractivity contribution in [1.82, 2.24) is 14.2 Å². The molecule has 1 aliphatic heterocycles. The molecule has 2 aromatic heterocycles. The van der Waals surface area contributed by atoms with Crippen molar-refractivity contribution in [3.05, 3.63) is 39.8 Å². The van der Waals surface area contributed by atoms with Gasteiger partial charge in [-0.2, -0.15) is 4.31 Å². The lowest BCUT2D eigenvalue weighted by atomic mass is 10.1. The molecule has 0 saturated carbocycles. The average Bonchev–Trinajstić information content (AvgIpc) is 3.06. The Kier molecular flexibility index (Phi) is 5.15. The summed E-state index contributed by atoms with van der Waals surface area (Å²) in [4.78, 5) is 17.7. The molecule has 136 valence electrons. The largest absolute Gasteiger partial charge is 0.326 e. The molecule has 0 atom stereocenters. The SMILES string of the molecule is CCc1cc(-c2ccc(S(=O)(=O)N3CCN(C)CC3)s2)c(C)[nH]c1=O. The third-order valence-electron chi connectivity index (χ3n) is 4.60. The molecule has 8 heteroatoms. The highest BCUT2D eigenvalue weighted by molar-refractivity contribution is 7.91. The van der Waals surface area contributed by atoms with Crippen LogP contribution in [-0.2, 0) is 16.4 Å². The van der Waals surface area contributed by atoms with Crippen LogP contribution in [0.4, 0.5) is 0 Å². The summed E-state index contributed by atoms with van der Waals surface area (Å²) in [5.74, 6) is 0. The second kappa shape index (κ2) is 7.03. The van der Waals surface area contributed by atoms with Crippen LogP contribution in [0.15, 0.2) is 27.2 Å². The summed E-state index contributed by atoms with van der Waals surface area (Å²) >= 11 is 1.26. The van der Waals surface area contributed by atoms with E-state index in [0.717, 1.165) is 29.2 Å². The van der Waals surface area contributed by atoms with Crippen LogP contribution in [0, 0.1) is 6.92 Å². The molecule has 1 N–H and O–H groups in total. The Bertz CT molecular complexity index is 923. The Morgan fingerprint density at radius 2 is 1.88 bits per heavy atom. The van der Waals surface area contributed by atoms with Gasteiger partial charge in [-0.25, -0.2) is 8.42 Å². The number of thiophene rings is 1. The number of rotatable bonds is 4. The fraction of sp³-hybridized carbons (Fsp3) is 0.471. The van der Waals surface area contributed by atoms with Gasteiger partial charge in [-0.1, -0.05) is 6.92 Å². The molecule has 3 heterocycles.